The minimum Gasteiger partial charge on any atom is -0.368 e. The van der Waals surface area contributed by atoms with Crippen LogP contribution in [0.3, 0.4) is 0 Å². The van der Waals surface area contributed by atoms with Crippen molar-refractivity contribution in [2.24, 2.45) is 0 Å². The minimum absolute atomic E-state index is 0.0896. The number of hydrogen-bond acceptors (Lipinski definition) is 3. The monoisotopic (exact) mass is 503 g/mol. The fourth-order valence-electron chi connectivity index (χ4n) is 4.94. The molecule has 1 aromatic heterocycles. The minimum atomic E-state index is -4.39. The second-order valence-electron chi connectivity index (χ2n) is 9.67. The summed E-state index contributed by atoms with van der Waals surface area (Å²) in [6, 6.07) is 19.3. The quantitative estimate of drug-likeness (QED) is 0.308. The number of carbonyl (C=O) groups is 1. The summed E-state index contributed by atoms with van der Waals surface area (Å²) in [5, 5.41) is 0.805. The van der Waals surface area contributed by atoms with E-state index >= 15 is 0 Å². The molecule has 37 heavy (non-hydrogen) atoms. The van der Waals surface area contributed by atoms with Crippen molar-refractivity contribution < 1.29 is 18.0 Å². The van der Waals surface area contributed by atoms with Crippen molar-refractivity contribution in [3.8, 4) is 11.3 Å². The number of para-hydroxylation sites is 1. The van der Waals surface area contributed by atoms with Crippen LogP contribution in [-0.2, 0) is 6.18 Å². The number of nitrogens with zero attached hydrogens (tertiary/aromatic N) is 3. The summed E-state index contributed by atoms with van der Waals surface area (Å²) in [5.74, 6) is -0.0896. The summed E-state index contributed by atoms with van der Waals surface area (Å²) in [6.07, 6.45) is -4.39. The van der Waals surface area contributed by atoms with Gasteiger partial charge >= 0.3 is 6.18 Å². The van der Waals surface area contributed by atoms with Gasteiger partial charge in [0.05, 0.1) is 22.3 Å². The normalized spacial score (nSPS) is 14.3. The van der Waals surface area contributed by atoms with Gasteiger partial charge in [-0.1, -0.05) is 42.0 Å². The maximum Gasteiger partial charge on any atom is 0.416 e. The summed E-state index contributed by atoms with van der Waals surface area (Å²) in [5.41, 5.74) is 6.19. The molecule has 2 heterocycles. The number of anilines is 1. The molecule has 1 aliphatic rings. The van der Waals surface area contributed by atoms with Gasteiger partial charge in [-0.25, -0.2) is 4.98 Å². The zero-order valence-electron chi connectivity index (χ0n) is 21.1. The first-order valence-electron chi connectivity index (χ1n) is 12.3. The molecule has 0 bridgehead atoms. The van der Waals surface area contributed by atoms with Crippen LogP contribution in [0.25, 0.3) is 22.2 Å². The molecule has 0 radical (unpaired) electrons. The molecule has 3 aromatic carbocycles. The van der Waals surface area contributed by atoms with Crippen molar-refractivity contribution in [3.05, 3.63) is 94.5 Å². The van der Waals surface area contributed by atoms with Gasteiger partial charge in [0.15, 0.2) is 0 Å². The van der Waals surface area contributed by atoms with Crippen LogP contribution in [0, 0.1) is 20.8 Å². The van der Waals surface area contributed by atoms with Crippen molar-refractivity contribution in [2.75, 3.05) is 31.1 Å². The van der Waals surface area contributed by atoms with Crippen LogP contribution >= 0.6 is 0 Å². The number of benzene rings is 3. The van der Waals surface area contributed by atoms with E-state index in [1.165, 1.54) is 12.1 Å². The average molecular weight is 504 g/mol. The Morgan fingerprint density at radius 1 is 0.838 bits per heavy atom. The second-order valence-corrected chi connectivity index (χ2v) is 9.67. The second kappa shape index (κ2) is 9.54. The number of rotatable bonds is 3. The fraction of sp³-hybridized carbons (Fsp3) is 0.267. The van der Waals surface area contributed by atoms with E-state index in [4.69, 9.17) is 4.98 Å². The van der Waals surface area contributed by atoms with E-state index in [0.717, 1.165) is 44.9 Å². The molecule has 1 aliphatic heterocycles. The number of amides is 1. The zero-order valence-corrected chi connectivity index (χ0v) is 21.1. The Morgan fingerprint density at radius 2 is 1.57 bits per heavy atom. The molecule has 1 amide bonds. The summed E-state index contributed by atoms with van der Waals surface area (Å²) in [4.78, 5) is 22.4. The summed E-state index contributed by atoms with van der Waals surface area (Å²) >= 11 is 0. The SMILES string of the molecule is Cc1ccc(C)c(-c2cc(C(=O)N3CCN(c4cccc(C(F)(F)F)c4)CC3)c3cccc(C)c3n2)c1. The number of aryl methyl sites for hydroxylation is 3. The first-order valence-corrected chi connectivity index (χ1v) is 12.3. The lowest BCUT2D eigenvalue weighted by atomic mass is 9.97. The van der Waals surface area contributed by atoms with Crippen LogP contribution in [0.5, 0.6) is 0 Å². The first-order chi connectivity index (χ1) is 17.6. The molecule has 190 valence electrons. The van der Waals surface area contributed by atoms with E-state index < -0.39 is 11.7 Å². The van der Waals surface area contributed by atoms with E-state index in [1.807, 2.05) is 49.9 Å². The van der Waals surface area contributed by atoms with E-state index in [0.29, 0.717) is 37.4 Å². The van der Waals surface area contributed by atoms with Crippen LogP contribution in [0.15, 0.2) is 66.7 Å². The van der Waals surface area contributed by atoms with Crippen LogP contribution in [0.4, 0.5) is 18.9 Å². The molecule has 0 N–H and O–H groups in total. The molecule has 4 nitrogen and oxygen atoms in total. The topological polar surface area (TPSA) is 36.4 Å². The van der Waals surface area contributed by atoms with Gasteiger partial charge in [-0.2, -0.15) is 13.2 Å². The molecule has 1 saturated heterocycles. The average Bonchev–Trinajstić information content (AvgIpc) is 2.89. The van der Waals surface area contributed by atoms with Crippen molar-refractivity contribution >= 4 is 22.5 Å². The molecule has 0 spiro atoms. The Hall–Kier alpha value is -3.87. The highest BCUT2D eigenvalue weighted by molar-refractivity contribution is 6.08. The molecular weight excluding hydrogens is 475 g/mol. The fourth-order valence-corrected chi connectivity index (χ4v) is 4.94. The third-order valence-electron chi connectivity index (χ3n) is 7.05. The third kappa shape index (κ3) is 4.90. The molecule has 1 fully saturated rings. The predicted octanol–water partition coefficient (Wildman–Crippen LogP) is 6.81. The van der Waals surface area contributed by atoms with Crippen LogP contribution < -0.4 is 4.90 Å². The third-order valence-corrected chi connectivity index (χ3v) is 7.05. The number of alkyl halides is 3. The molecule has 0 saturated carbocycles. The number of hydrogen-bond donors (Lipinski definition) is 0. The van der Waals surface area contributed by atoms with Gasteiger partial charge in [0.2, 0.25) is 0 Å². The van der Waals surface area contributed by atoms with Crippen molar-refractivity contribution in [1.82, 2.24) is 9.88 Å². The van der Waals surface area contributed by atoms with E-state index in [1.54, 1.807) is 11.0 Å². The number of halogens is 3. The Morgan fingerprint density at radius 3 is 2.30 bits per heavy atom. The van der Waals surface area contributed by atoms with Gasteiger partial charge in [0, 0.05) is 42.8 Å². The van der Waals surface area contributed by atoms with E-state index in [-0.39, 0.29) is 5.91 Å². The summed E-state index contributed by atoms with van der Waals surface area (Å²) < 4.78 is 39.5. The number of carbonyl (C=O) groups excluding carboxylic acids is 1. The van der Waals surface area contributed by atoms with Crippen LogP contribution in [-0.4, -0.2) is 42.0 Å². The van der Waals surface area contributed by atoms with Gasteiger partial charge in [-0.05, 0) is 62.2 Å². The Labute approximate surface area is 214 Å². The zero-order chi connectivity index (χ0) is 26.3. The maximum atomic E-state index is 13.8. The largest absolute Gasteiger partial charge is 0.416 e. The Balaban J connectivity index is 1.45. The van der Waals surface area contributed by atoms with Crippen molar-refractivity contribution in [1.29, 1.82) is 0 Å². The van der Waals surface area contributed by atoms with Crippen molar-refractivity contribution in [3.63, 3.8) is 0 Å². The summed E-state index contributed by atoms with van der Waals surface area (Å²) in [7, 11) is 0. The van der Waals surface area contributed by atoms with Crippen molar-refractivity contribution in [2.45, 2.75) is 26.9 Å². The highest BCUT2D eigenvalue weighted by atomic mass is 19.4. The molecule has 7 heteroatoms. The number of aromatic nitrogens is 1. The number of pyridine rings is 1. The Bertz CT molecular complexity index is 1490. The van der Waals surface area contributed by atoms with E-state index in [9.17, 15) is 18.0 Å². The molecule has 0 aliphatic carbocycles. The smallest absolute Gasteiger partial charge is 0.368 e. The van der Waals surface area contributed by atoms with Crippen LogP contribution in [0.2, 0.25) is 0 Å². The first kappa shape index (κ1) is 24.8. The lowest BCUT2D eigenvalue weighted by Crippen LogP contribution is -2.48. The molecule has 5 rings (SSSR count). The molecule has 0 atom stereocenters. The standard InChI is InChI=1S/C30H28F3N3O/c1-19-10-11-20(2)25(16-19)27-18-26(24-9-4-6-21(3)28(24)34-27)29(37)36-14-12-35(13-15-36)23-8-5-7-22(17-23)30(31,32)33/h4-11,16-18H,12-15H2,1-3H3. The van der Waals surface area contributed by atoms with Gasteiger partial charge in [-0.15, -0.1) is 0 Å². The molecule has 4 aromatic rings. The summed E-state index contributed by atoms with van der Waals surface area (Å²) in [6.45, 7) is 7.81. The molecule has 0 unspecified atom stereocenters. The van der Waals surface area contributed by atoms with Gasteiger partial charge in [0.1, 0.15) is 0 Å². The van der Waals surface area contributed by atoms with Gasteiger partial charge in [0.25, 0.3) is 5.91 Å². The van der Waals surface area contributed by atoms with Gasteiger partial charge in [-0.3, -0.25) is 4.79 Å². The number of piperazine rings is 1. The Kier molecular flexibility index (Phi) is 6.40. The number of fused-ring (bicyclic) bond motifs is 1. The predicted molar refractivity (Wildman–Crippen MR) is 141 cm³/mol. The molecular formula is C30H28F3N3O. The van der Waals surface area contributed by atoms with E-state index in [2.05, 4.69) is 18.2 Å². The highest BCUT2D eigenvalue weighted by Crippen LogP contribution is 2.33. The van der Waals surface area contributed by atoms with Crippen LogP contribution in [0.1, 0.15) is 32.6 Å². The maximum absolute atomic E-state index is 13.8. The van der Waals surface area contributed by atoms with Gasteiger partial charge < -0.3 is 9.80 Å². The lowest BCUT2D eigenvalue weighted by Gasteiger charge is -2.36. The lowest BCUT2D eigenvalue weighted by molar-refractivity contribution is -0.137. The highest BCUT2D eigenvalue weighted by Gasteiger charge is 2.31.